The third kappa shape index (κ3) is 5.91. The Morgan fingerprint density at radius 1 is 1.25 bits per heavy atom. The van der Waals surface area contributed by atoms with E-state index in [4.69, 9.17) is 4.74 Å². The second-order valence-corrected chi connectivity index (χ2v) is 10.1. The molecule has 2 amide bonds. The summed E-state index contributed by atoms with van der Waals surface area (Å²) >= 11 is 1.75. The van der Waals surface area contributed by atoms with Gasteiger partial charge in [-0.05, 0) is 61.2 Å². The molecule has 32 heavy (non-hydrogen) atoms. The van der Waals surface area contributed by atoms with Crippen molar-refractivity contribution >= 4 is 23.2 Å². The Kier molecular flexibility index (Phi) is 8.35. The van der Waals surface area contributed by atoms with Crippen molar-refractivity contribution in [3.63, 3.8) is 0 Å². The number of nitrogens with zero attached hydrogens (tertiary/aromatic N) is 2. The highest BCUT2D eigenvalue weighted by molar-refractivity contribution is 7.10. The molecule has 2 heterocycles. The first-order valence-corrected chi connectivity index (χ1v) is 12.5. The standard InChI is InChI=1S/C26H36N2O3S/c1-6-11-27(25(29)14-18(2)3)16-26(30)28-12-9-24-21(10-13-32-24)22(28)17-31-23-8-7-19(4)15-20(23)5/h7-8,10,13,15,18,22H,6,9,11-12,14,16-17H2,1-5H3/t22-/m1/s1. The molecular formula is C26H36N2O3S. The van der Waals surface area contributed by atoms with Crippen LogP contribution in [-0.2, 0) is 16.0 Å². The topological polar surface area (TPSA) is 49.9 Å². The average Bonchev–Trinajstić information content (AvgIpc) is 3.21. The van der Waals surface area contributed by atoms with Crippen molar-refractivity contribution < 1.29 is 14.3 Å². The molecule has 6 heteroatoms. The lowest BCUT2D eigenvalue weighted by atomic mass is 10.00. The van der Waals surface area contributed by atoms with E-state index in [2.05, 4.69) is 24.4 Å². The molecule has 1 aromatic carbocycles. The quantitative estimate of drug-likeness (QED) is 0.524. The Morgan fingerprint density at radius 2 is 2.03 bits per heavy atom. The van der Waals surface area contributed by atoms with Gasteiger partial charge in [-0.2, -0.15) is 0 Å². The van der Waals surface area contributed by atoms with Crippen LogP contribution in [0.2, 0.25) is 0 Å². The lowest BCUT2D eigenvalue weighted by Crippen LogP contribution is -2.48. The summed E-state index contributed by atoms with van der Waals surface area (Å²) in [4.78, 5) is 31.1. The van der Waals surface area contributed by atoms with Crippen molar-refractivity contribution in [3.05, 3.63) is 51.2 Å². The fraction of sp³-hybridized carbons (Fsp3) is 0.538. The molecule has 0 N–H and O–H groups in total. The molecule has 3 rings (SSSR count). The predicted octanol–water partition coefficient (Wildman–Crippen LogP) is 5.15. The van der Waals surface area contributed by atoms with Crippen molar-refractivity contribution in [1.82, 2.24) is 9.80 Å². The minimum atomic E-state index is -0.137. The fourth-order valence-corrected chi connectivity index (χ4v) is 5.23. The zero-order chi connectivity index (χ0) is 23.3. The summed E-state index contributed by atoms with van der Waals surface area (Å²) < 4.78 is 6.22. The molecule has 174 valence electrons. The summed E-state index contributed by atoms with van der Waals surface area (Å²) in [6.45, 7) is 12.0. The van der Waals surface area contributed by atoms with Gasteiger partial charge in [-0.1, -0.05) is 38.5 Å². The second-order valence-electron chi connectivity index (χ2n) is 9.15. The van der Waals surface area contributed by atoms with Gasteiger partial charge in [0.2, 0.25) is 11.8 Å². The molecule has 1 atom stereocenters. The zero-order valence-electron chi connectivity index (χ0n) is 20.0. The Hall–Kier alpha value is -2.34. The predicted molar refractivity (Wildman–Crippen MR) is 130 cm³/mol. The van der Waals surface area contributed by atoms with Gasteiger partial charge in [0.25, 0.3) is 0 Å². The third-order valence-corrected chi connectivity index (χ3v) is 6.89. The molecule has 2 aromatic rings. The van der Waals surface area contributed by atoms with E-state index in [1.165, 1.54) is 16.0 Å². The Balaban J connectivity index is 1.77. The Labute approximate surface area is 196 Å². The Bertz CT molecular complexity index is 937. The normalized spacial score (nSPS) is 15.6. The number of hydrogen-bond donors (Lipinski definition) is 0. The van der Waals surface area contributed by atoms with Crippen LogP contribution in [0.15, 0.2) is 29.6 Å². The molecule has 5 nitrogen and oxygen atoms in total. The lowest BCUT2D eigenvalue weighted by Gasteiger charge is -2.37. The van der Waals surface area contributed by atoms with Crippen LogP contribution in [0.5, 0.6) is 5.75 Å². The molecule has 1 aromatic heterocycles. The number of hydrogen-bond acceptors (Lipinski definition) is 4. The molecule has 0 bridgehead atoms. The van der Waals surface area contributed by atoms with Gasteiger partial charge in [0.1, 0.15) is 12.4 Å². The number of rotatable bonds is 9. The van der Waals surface area contributed by atoms with Crippen molar-refractivity contribution in [2.24, 2.45) is 5.92 Å². The van der Waals surface area contributed by atoms with E-state index in [0.717, 1.165) is 24.2 Å². The van der Waals surface area contributed by atoms with Gasteiger partial charge < -0.3 is 14.5 Å². The summed E-state index contributed by atoms with van der Waals surface area (Å²) in [6, 6.07) is 8.13. The molecule has 0 fully saturated rings. The number of amides is 2. The third-order valence-electron chi connectivity index (χ3n) is 5.90. The maximum Gasteiger partial charge on any atom is 0.242 e. The van der Waals surface area contributed by atoms with Crippen LogP contribution in [0.25, 0.3) is 0 Å². The summed E-state index contributed by atoms with van der Waals surface area (Å²) in [5.41, 5.74) is 3.47. The van der Waals surface area contributed by atoms with Gasteiger partial charge in [-0.25, -0.2) is 0 Å². The van der Waals surface area contributed by atoms with E-state index < -0.39 is 0 Å². The maximum absolute atomic E-state index is 13.4. The van der Waals surface area contributed by atoms with Crippen LogP contribution in [0.1, 0.15) is 61.2 Å². The smallest absolute Gasteiger partial charge is 0.242 e. The molecule has 1 aliphatic rings. The van der Waals surface area contributed by atoms with Crippen molar-refractivity contribution in [1.29, 1.82) is 0 Å². The molecule has 0 saturated carbocycles. The van der Waals surface area contributed by atoms with E-state index in [9.17, 15) is 9.59 Å². The number of carbonyl (C=O) groups is 2. The highest BCUT2D eigenvalue weighted by atomic mass is 32.1. The number of ether oxygens (including phenoxy) is 1. The Morgan fingerprint density at radius 3 is 2.72 bits per heavy atom. The van der Waals surface area contributed by atoms with Crippen molar-refractivity contribution in [2.45, 2.75) is 59.9 Å². The van der Waals surface area contributed by atoms with Gasteiger partial charge in [-0.15, -0.1) is 11.3 Å². The van der Waals surface area contributed by atoms with Crippen LogP contribution in [0, 0.1) is 19.8 Å². The summed E-state index contributed by atoms with van der Waals surface area (Å²) in [7, 11) is 0. The first kappa shape index (κ1) is 24.3. The lowest BCUT2D eigenvalue weighted by molar-refractivity contribution is -0.143. The molecule has 0 saturated heterocycles. The van der Waals surface area contributed by atoms with Crippen molar-refractivity contribution in [3.8, 4) is 5.75 Å². The van der Waals surface area contributed by atoms with Crippen molar-refractivity contribution in [2.75, 3.05) is 26.2 Å². The van der Waals surface area contributed by atoms with Gasteiger partial charge in [0, 0.05) is 24.4 Å². The average molecular weight is 457 g/mol. The first-order chi connectivity index (χ1) is 15.3. The van der Waals surface area contributed by atoms with Crippen LogP contribution in [0.3, 0.4) is 0 Å². The number of fused-ring (bicyclic) bond motifs is 1. The maximum atomic E-state index is 13.4. The molecule has 0 unspecified atom stereocenters. The molecular weight excluding hydrogens is 420 g/mol. The minimum absolute atomic E-state index is 0.00151. The van der Waals surface area contributed by atoms with Gasteiger partial charge in [0.15, 0.2) is 0 Å². The fourth-order valence-electron chi connectivity index (χ4n) is 4.30. The molecule has 1 aliphatic heterocycles. The summed E-state index contributed by atoms with van der Waals surface area (Å²) in [5, 5.41) is 2.10. The summed E-state index contributed by atoms with van der Waals surface area (Å²) in [6.07, 6.45) is 2.17. The largest absolute Gasteiger partial charge is 0.491 e. The van der Waals surface area contributed by atoms with Crippen LogP contribution in [-0.4, -0.2) is 47.9 Å². The molecule has 0 radical (unpaired) electrons. The van der Waals surface area contributed by atoms with Crippen LogP contribution < -0.4 is 4.74 Å². The van der Waals surface area contributed by atoms with Crippen LogP contribution in [0.4, 0.5) is 0 Å². The van der Waals surface area contributed by atoms with Gasteiger partial charge in [-0.3, -0.25) is 9.59 Å². The highest BCUT2D eigenvalue weighted by Crippen LogP contribution is 2.34. The minimum Gasteiger partial charge on any atom is -0.491 e. The van der Waals surface area contributed by atoms with E-state index in [0.29, 0.717) is 26.1 Å². The van der Waals surface area contributed by atoms with E-state index in [-0.39, 0.29) is 30.3 Å². The SMILES string of the molecule is CCCN(CC(=O)N1CCc2sccc2[C@H]1COc1ccc(C)cc1C)C(=O)CC(C)C. The molecule has 0 spiro atoms. The van der Waals surface area contributed by atoms with E-state index >= 15 is 0 Å². The van der Waals surface area contributed by atoms with E-state index in [1.54, 1.807) is 16.2 Å². The zero-order valence-corrected chi connectivity index (χ0v) is 20.8. The number of aryl methyl sites for hydroxylation is 2. The highest BCUT2D eigenvalue weighted by Gasteiger charge is 2.33. The number of carbonyl (C=O) groups excluding carboxylic acids is 2. The number of thiophene rings is 1. The monoisotopic (exact) mass is 456 g/mol. The molecule has 0 aliphatic carbocycles. The number of benzene rings is 1. The summed E-state index contributed by atoms with van der Waals surface area (Å²) in [5.74, 6) is 1.19. The first-order valence-electron chi connectivity index (χ1n) is 11.6. The van der Waals surface area contributed by atoms with Crippen LogP contribution >= 0.6 is 11.3 Å². The van der Waals surface area contributed by atoms with Gasteiger partial charge in [0.05, 0.1) is 12.6 Å². The van der Waals surface area contributed by atoms with E-state index in [1.807, 2.05) is 44.7 Å². The van der Waals surface area contributed by atoms with Gasteiger partial charge >= 0.3 is 0 Å². The second kappa shape index (κ2) is 11.0.